The van der Waals surface area contributed by atoms with E-state index in [1.807, 2.05) is 0 Å². The highest BCUT2D eigenvalue weighted by Gasteiger charge is 2.17. The van der Waals surface area contributed by atoms with Gasteiger partial charge in [-0.05, 0) is 12.1 Å². The van der Waals surface area contributed by atoms with Crippen molar-refractivity contribution in [2.24, 2.45) is 18.0 Å². The number of rotatable bonds is 1. The van der Waals surface area contributed by atoms with Crippen LogP contribution in [0.15, 0.2) is 28.2 Å². The van der Waals surface area contributed by atoms with E-state index in [0.717, 1.165) is 0 Å². The minimum Gasteiger partial charge on any atom is -0.320 e. The normalized spacial score (nSPS) is 13.5. The maximum absolute atomic E-state index is 11.2. The van der Waals surface area contributed by atoms with E-state index in [9.17, 15) is 8.42 Å². The Bertz CT molecular complexity index is 712. The van der Waals surface area contributed by atoms with E-state index in [1.165, 1.54) is 22.0 Å². The molecular formula is C8H9N3O3S2. The van der Waals surface area contributed by atoms with Crippen LogP contribution in [0, 0.1) is 0 Å². The van der Waals surface area contributed by atoms with Crippen LogP contribution in [0.1, 0.15) is 0 Å². The molecule has 0 saturated heterocycles. The predicted octanol–water partition coefficient (Wildman–Crippen LogP) is 0.261. The first-order valence-corrected chi connectivity index (χ1v) is 6.51. The summed E-state index contributed by atoms with van der Waals surface area (Å²) in [7, 11) is -2.61. The molecule has 0 spiro atoms. The largest absolute Gasteiger partial charge is 0.320 e. The molecule has 1 aromatic carbocycles. The van der Waals surface area contributed by atoms with Crippen molar-refractivity contribution >= 4 is 31.7 Å². The van der Waals surface area contributed by atoms with Crippen LogP contribution < -0.4 is 10.6 Å². The first kappa shape index (κ1) is 11.1. The highest BCUT2D eigenvalue weighted by Crippen LogP contribution is 2.23. The zero-order chi connectivity index (χ0) is 11.9. The Morgan fingerprint density at radius 1 is 1.50 bits per heavy atom. The third-order valence-corrected chi connectivity index (χ3v) is 4.17. The fraction of sp³-hybridized carbons (Fsp3) is 0.125. The van der Waals surface area contributed by atoms with Crippen molar-refractivity contribution in [2.45, 2.75) is 4.90 Å². The lowest BCUT2D eigenvalue weighted by Gasteiger charge is -2.01. The number of aromatic nitrogens is 1. The Balaban J connectivity index is 3.04. The number of benzene rings is 1. The molecule has 0 amide bonds. The molecule has 0 unspecified atom stereocenters. The summed E-state index contributed by atoms with van der Waals surface area (Å²) in [5.74, 6) is 5.18. The standard InChI is InChI=1S/C8H9N3O3S2/c1-11-7-5(15-8(11)10-9)3-2-4-6(7)16(12,13)14/h2-4H,9H2,1H3,(H,12,13,14). The highest BCUT2D eigenvalue weighted by molar-refractivity contribution is 7.86. The van der Waals surface area contributed by atoms with Gasteiger partial charge in [-0.3, -0.25) is 4.55 Å². The van der Waals surface area contributed by atoms with Gasteiger partial charge in [0.1, 0.15) is 4.90 Å². The second-order valence-corrected chi connectivity index (χ2v) is 5.55. The lowest BCUT2D eigenvalue weighted by molar-refractivity contribution is 0.483. The monoisotopic (exact) mass is 259 g/mol. The second kappa shape index (κ2) is 3.58. The Morgan fingerprint density at radius 2 is 2.19 bits per heavy atom. The molecule has 0 bridgehead atoms. The van der Waals surface area contributed by atoms with E-state index >= 15 is 0 Å². The van der Waals surface area contributed by atoms with Crippen molar-refractivity contribution in [3.8, 4) is 0 Å². The highest BCUT2D eigenvalue weighted by atomic mass is 32.2. The van der Waals surface area contributed by atoms with Gasteiger partial charge in [0.25, 0.3) is 10.1 Å². The van der Waals surface area contributed by atoms with Crippen LogP contribution in [0.4, 0.5) is 0 Å². The van der Waals surface area contributed by atoms with Gasteiger partial charge in [-0.25, -0.2) is 0 Å². The van der Waals surface area contributed by atoms with Crippen molar-refractivity contribution < 1.29 is 13.0 Å². The number of nitrogens with zero attached hydrogens (tertiary/aromatic N) is 2. The molecule has 1 aromatic heterocycles. The van der Waals surface area contributed by atoms with E-state index in [4.69, 9.17) is 10.4 Å². The third-order valence-electron chi connectivity index (χ3n) is 2.17. The molecule has 3 N–H and O–H groups in total. The summed E-state index contributed by atoms with van der Waals surface area (Å²) in [4.78, 5) is 0.338. The maximum Gasteiger partial charge on any atom is 0.296 e. The van der Waals surface area contributed by atoms with E-state index in [2.05, 4.69) is 5.10 Å². The van der Waals surface area contributed by atoms with Crippen LogP contribution in [-0.2, 0) is 17.2 Å². The first-order chi connectivity index (χ1) is 7.45. The molecule has 0 aliphatic rings. The lowest BCUT2D eigenvalue weighted by atomic mass is 10.3. The number of hydrogen-bond acceptors (Lipinski definition) is 5. The number of fused-ring (bicyclic) bond motifs is 1. The van der Waals surface area contributed by atoms with Gasteiger partial charge in [-0.1, -0.05) is 17.4 Å². The molecule has 16 heavy (non-hydrogen) atoms. The second-order valence-electron chi connectivity index (χ2n) is 3.15. The quantitative estimate of drug-likeness (QED) is 0.436. The molecule has 0 saturated carbocycles. The van der Waals surface area contributed by atoms with Crippen molar-refractivity contribution in [3.05, 3.63) is 23.0 Å². The topological polar surface area (TPSA) is 97.7 Å². The summed E-state index contributed by atoms with van der Waals surface area (Å²) in [6.07, 6.45) is 0. The molecule has 0 fully saturated rings. The van der Waals surface area contributed by atoms with E-state index in [1.54, 1.807) is 19.2 Å². The van der Waals surface area contributed by atoms with Gasteiger partial charge in [0.15, 0.2) is 0 Å². The molecule has 1 heterocycles. The summed E-state index contributed by atoms with van der Waals surface area (Å²) < 4.78 is 33.7. The van der Waals surface area contributed by atoms with Gasteiger partial charge in [-0.15, -0.1) is 0 Å². The molecule has 86 valence electrons. The zero-order valence-electron chi connectivity index (χ0n) is 8.28. The number of thiazole rings is 1. The van der Waals surface area contributed by atoms with Crippen molar-refractivity contribution in [1.29, 1.82) is 0 Å². The third kappa shape index (κ3) is 1.60. The van der Waals surface area contributed by atoms with Crippen LogP contribution in [0.2, 0.25) is 0 Å². The fourth-order valence-electron chi connectivity index (χ4n) is 1.50. The molecule has 2 rings (SSSR count). The van der Waals surface area contributed by atoms with E-state index in [-0.39, 0.29) is 4.90 Å². The summed E-state index contributed by atoms with van der Waals surface area (Å²) in [5.41, 5.74) is 0.402. The Labute approximate surface area is 95.4 Å². The van der Waals surface area contributed by atoms with Gasteiger partial charge in [0, 0.05) is 7.05 Å². The summed E-state index contributed by atoms with van der Waals surface area (Å²) in [5, 5.41) is 3.54. The van der Waals surface area contributed by atoms with Gasteiger partial charge in [-0.2, -0.15) is 13.5 Å². The van der Waals surface area contributed by atoms with Crippen LogP contribution in [-0.4, -0.2) is 17.5 Å². The Morgan fingerprint density at radius 3 is 2.75 bits per heavy atom. The van der Waals surface area contributed by atoms with E-state index in [0.29, 0.717) is 15.0 Å². The number of aryl methyl sites for hydroxylation is 1. The van der Waals surface area contributed by atoms with Crippen LogP contribution in [0.25, 0.3) is 10.2 Å². The molecular weight excluding hydrogens is 250 g/mol. The molecule has 0 atom stereocenters. The number of hydrogen-bond donors (Lipinski definition) is 2. The fourth-order valence-corrected chi connectivity index (χ4v) is 3.27. The molecule has 0 aliphatic heterocycles. The summed E-state index contributed by atoms with van der Waals surface area (Å²) >= 11 is 1.25. The molecule has 6 nitrogen and oxygen atoms in total. The lowest BCUT2D eigenvalue weighted by Crippen LogP contribution is -2.13. The maximum atomic E-state index is 11.2. The average molecular weight is 259 g/mol. The molecule has 2 aromatic rings. The molecule has 0 radical (unpaired) electrons. The van der Waals surface area contributed by atoms with Crippen LogP contribution >= 0.6 is 11.3 Å². The zero-order valence-corrected chi connectivity index (χ0v) is 9.92. The number of nitrogens with two attached hydrogens (primary N) is 1. The molecule has 8 heteroatoms. The first-order valence-electron chi connectivity index (χ1n) is 4.25. The van der Waals surface area contributed by atoms with Gasteiger partial charge < -0.3 is 10.4 Å². The van der Waals surface area contributed by atoms with E-state index < -0.39 is 10.1 Å². The van der Waals surface area contributed by atoms with Crippen molar-refractivity contribution in [1.82, 2.24) is 4.57 Å². The van der Waals surface area contributed by atoms with Gasteiger partial charge in [0.2, 0.25) is 4.80 Å². The summed E-state index contributed by atoms with van der Waals surface area (Å²) in [6, 6.07) is 4.64. The predicted molar refractivity (Wildman–Crippen MR) is 60.4 cm³/mol. The van der Waals surface area contributed by atoms with Crippen molar-refractivity contribution in [3.63, 3.8) is 0 Å². The smallest absolute Gasteiger partial charge is 0.296 e. The van der Waals surface area contributed by atoms with Gasteiger partial charge >= 0.3 is 0 Å². The SMILES string of the molecule is Cn1c(=NN)sc2cccc(S(=O)(=O)O)c21. The van der Waals surface area contributed by atoms with Crippen LogP contribution in [0.5, 0.6) is 0 Å². The van der Waals surface area contributed by atoms with Gasteiger partial charge in [0.05, 0.1) is 10.2 Å². The summed E-state index contributed by atoms with van der Waals surface area (Å²) in [6.45, 7) is 0. The minimum absolute atomic E-state index is 0.140. The Hall–Kier alpha value is -1.38. The minimum atomic E-state index is -4.24. The van der Waals surface area contributed by atoms with Crippen molar-refractivity contribution in [2.75, 3.05) is 0 Å². The average Bonchev–Trinajstić information content (AvgIpc) is 2.54. The molecule has 0 aliphatic carbocycles. The van der Waals surface area contributed by atoms with Crippen LogP contribution in [0.3, 0.4) is 0 Å². The number of para-hydroxylation sites is 1. The Kier molecular flexibility index (Phi) is 2.49.